The first kappa shape index (κ1) is 16.0. The summed E-state index contributed by atoms with van der Waals surface area (Å²) < 4.78 is 1.68. The predicted octanol–water partition coefficient (Wildman–Crippen LogP) is 5.20. The van der Waals surface area contributed by atoms with Crippen LogP contribution in [-0.4, -0.2) is 12.5 Å². The number of anilines is 2. The van der Waals surface area contributed by atoms with Gasteiger partial charge in [-0.3, -0.25) is 4.79 Å². The molecule has 2 rings (SSSR count). The molecule has 1 amide bonds. The first-order valence-corrected chi connectivity index (χ1v) is 8.21. The molecule has 0 aliphatic rings. The fraction of sp³-hybridized carbons (Fsp3) is 0.188. The summed E-state index contributed by atoms with van der Waals surface area (Å²) in [5.74, 6) is -0.131. The zero-order valence-corrected chi connectivity index (χ0v) is 15.0. The van der Waals surface area contributed by atoms with E-state index < -0.39 is 0 Å². The summed E-state index contributed by atoms with van der Waals surface area (Å²) in [4.78, 5) is 12.4. The van der Waals surface area contributed by atoms with Gasteiger partial charge >= 0.3 is 0 Å². The molecular weight excluding hydrogens is 396 g/mol. The van der Waals surface area contributed by atoms with Gasteiger partial charge in [-0.05, 0) is 81.6 Å². The van der Waals surface area contributed by atoms with Crippen molar-refractivity contribution in [2.45, 2.75) is 13.8 Å². The predicted molar refractivity (Wildman–Crippen MR) is 95.1 cm³/mol. The van der Waals surface area contributed by atoms with E-state index in [0.717, 1.165) is 32.4 Å². The van der Waals surface area contributed by atoms with E-state index in [1.165, 1.54) is 0 Å². The van der Waals surface area contributed by atoms with Crippen molar-refractivity contribution in [1.82, 2.24) is 0 Å². The van der Waals surface area contributed by atoms with Gasteiger partial charge in [-0.1, -0.05) is 6.07 Å². The Kier molecular flexibility index (Phi) is 5.42. The summed E-state index contributed by atoms with van der Waals surface area (Å²) >= 11 is 6.88. The number of aryl methyl sites for hydroxylation is 1. The maximum absolute atomic E-state index is 12.4. The molecule has 0 radical (unpaired) electrons. The van der Waals surface area contributed by atoms with Crippen LogP contribution in [0.5, 0.6) is 0 Å². The average molecular weight is 412 g/mol. The van der Waals surface area contributed by atoms with E-state index in [0.29, 0.717) is 5.56 Å². The molecule has 0 aromatic heterocycles. The van der Waals surface area contributed by atoms with E-state index in [1.807, 2.05) is 50.2 Å². The topological polar surface area (TPSA) is 41.1 Å². The van der Waals surface area contributed by atoms with Crippen molar-refractivity contribution in [3.05, 3.63) is 56.5 Å². The number of hydrogen-bond donors (Lipinski definition) is 2. The number of para-hydroxylation sites is 1. The van der Waals surface area contributed by atoms with Gasteiger partial charge in [0.05, 0.1) is 5.69 Å². The zero-order valence-electron chi connectivity index (χ0n) is 11.8. The van der Waals surface area contributed by atoms with Gasteiger partial charge in [0.1, 0.15) is 0 Å². The van der Waals surface area contributed by atoms with Crippen molar-refractivity contribution >= 4 is 49.1 Å². The number of amides is 1. The Balaban J connectivity index is 2.23. The van der Waals surface area contributed by atoms with Crippen molar-refractivity contribution in [2.24, 2.45) is 0 Å². The Morgan fingerprint density at radius 3 is 2.38 bits per heavy atom. The zero-order chi connectivity index (χ0) is 15.4. The van der Waals surface area contributed by atoms with E-state index in [1.54, 1.807) is 0 Å². The summed E-state index contributed by atoms with van der Waals surface area (Å²) in [6.07, 6.45) is 0. The molecule has 0 saturated carbocycles. The molecule has 5 heteroatoms. The van der Waals surface area contributed by atoms with Gasteiger partial charge in [-0.15, -0.1) is 0 Å². The van der Waals surface area contributed by atoms with Crippen molar-refractivity contribution in [1.29, 1.82) is 0 Å². The second kappa shape index (κ2) is 7.09. The molecule has 0 atom stereocenters. The second-order valence-electron chi connectivity index (χ2n) is 4.61. The molecule has 2 N–H and O–H groups in total. The fourth-order valence-electron chi connectivity index (χ4n) is 2.00. The van der Waals surface area contributed by atoms with Crippen LogP contribution < -0.4 is 10.6 Å². The normalized spacial score (nSPS) is 10.3. The van der Waals surface area contributed by atoms with Crippen molar-refractivity contribution in [2.75, 3.05) is 17.2 Å². The summed E-state index contributed by atoms with van der Waals surface area (Å²) in [6, 6.07) is 11.3. The molecule has 0 bridgehead atoms. The van der Waals surface area contributed by atoms with Crippen LogP contribution in [0, 0.1) is 6.92 Å². The van der Waals surface area contributed by atoms with E-state index in [2.05, 4.69) is 42.5 Å². The van der Waals surface area contributed by atoms with E-state index in [4.69, 9.17) is 0 Å². The van der Waals surface area contributed by atoms with Gasteiger partial charge in [0.2, 0.25) is 0 Å². The lowest BCUT2D eigenvalue weighted by Crippen LogP contribution is -2.13. The van der Waals surface area contributed by atoms with Crippen molar-refractivity contribution in [3.63, 3.8) is 0 Å². The lowest BCUT2D eigenvalue weighted by atomic mass is 10.1. The molecule has 0 aliphatic heterocycles. The molecule has 0 fully saturated rings. The minimum atomic E-state index is -0.131. The highest BCUT2D eigenvalue weighted by Crippen LogP contribution is 2.31. The molecule has 0 aliphatic carbocycles. The molecule has 21 heavy (non-hydrogen) atoms. The van der Waals surface area contributed by atoms with Crippen LogP contribution in [-0.2, 0) is 0 Å². The number of carbonyl (C=O) groups excluding carboxylic acids is 1. The Hall–Kier alpha value is -1.33. The Bertz CT molecular complexity index is 651. The molecule has 3 nitrogen and oxygen atoms in total. The molecular formula is C16H16Br2N2O. The third-order valence-corrected chi connectivity index (χ3v) is 4.38. The number of benzene rings is 2. The minimum absolute atomic E-state index is 0.131. The van der Waals surface area contributed by atoms with E-state index in [-0.39, 0.29) is 5.91 Å². The fourth-order valence-corrected chi connectivity index (χ4v) is 3.19. The average Bonchev–Trinajstić information content (AvgIpc) is 2.45. The highest BCUT2D eigenvalue weighted by atomic mass is 79.9. The molecule has 2 aromatic rings. The number of rotatable bonds is 4. The third kappa shape index (κ3) is 3.86. The first-order valence-electron chi connectivity index (χ1n) is 6.62. The monoisotopic (exact) mass is 410 g/mol. The molecule has 0 unspecified atom stereocenters. The van der Waals surface area contributed by atoms with Crippen LogP contribution in [0.15, 0.2) is 45.3 Å². The van der Waals surface area contributed by atoms with Crippen LogP contribution in [0.25, 0.3) is 0 Å². The Morgan fingerprint density at radius 2 is 1.81 bits per heavy atom. The van der Waals surface area contributed by atoms with Gasteiger partial charge in [0.25, 0.3) is 5.91 Å². The lowest BCUT2D eigenvalue weighted by Gasteiger charge is -2.12. The molecule has 110 valence electrons. The number of nitrogens with one attached hydrogen (secondary N) is 2. The van der Waals surface area contributed by atoms with E-state index in [9.17, 15) is 4.79 Å². The Labute approximate surface area is 141 Å². The Morgan fingerprint density at radius 1 is 1.14 bits per heavy atom. The molecule has 2 aromatic carbocycles. The van der Waals surface area contributed by atoms with Gasteiger partial charge < -0.3 is 10.6 Å². The third-order valence-electron chi connectivity index (χ3n) is 3.06. The highest BCUT2D eigenvalue weighted by Gasteiger charge is 2.12. The highest BCUT2D eigenvalue weighted by molar-refractivity contribution is 9.11. The number of hydrogen-bond acceptors (Lipinski definition) is 2. The second-order valence-corrected chi connectivity index (χ2v) is 6.32. The lowest BCUT2D eigenvalue weighted by molar-refractivity contribution is 0.102. The minimum Gasteiger partial charge on any atom is -0.385 e. The summed E-state index contributed by atoms with van der Waals surface area (Å²) in [7, 11) is 0. The number of halogens is 2. The van der Waals surface area contributed by atoms with Crippen LogP contribution >= 0.6 is 31.9 Å². The summed E-state index contributed by atoms with van der Waals surface area (Å²) in [5, 5.41) is 6.18. The van der Waals surface area contributed by atoms with Gasteiger partial charge in [0, 0.05) is 26.7 Å². The molecule has 0 spiro atoms. The van der Waals surface area contributed by atoms with Gasteiger partial charge in [0.15, 0.2) is 0 Å². The standard InChI is InChI=1S/C16H16Br2N2O/c1-3-19-14-8-7-11(9-10(14)2)16(21)20-15-12(17)5-4-6-13(15)18/h4-9,19H,3H2,1-2H3,(H,20,21). The van der Waals surface area contributed by atoms with Crippen LogP contribution in [0.1, 0.15) is 22.8 Å². The van der Waals surface area contributed by atoms with Crippen molar-refractivity contribution in [3.8, 4) is 0 Å². The van der Waals surface area contributed by atoms with Crippen LogP contribution in [0.3, 0.4) is 0 Å². The first-order chi connectivity index (χ1) is 10.0. The molecule has 0 saturated heterocycles. The number of carbonyl (C=O) groups is 1. The van der Waals surface area contributed by atoms with Crippen LogP contribution in [0.2, 0.25) is 0 Å². The van der Waals surface area contributed by atoms with E-state index >= 15 is 0 Å². The summed E-state index contributed by atoms with van der Waals surface area (Å²) in [6.45, 7) is 4.89. The van der Waals surface area contributed by atoms with Gasteiger partial charge in [-0.25, -0.2) is 0 Å². The quantitative estimate of drug-likeness (QED) is 0.725. The largest absolute Gasteiger partial charge is 0.385 e. The summed E-state index contributed by atoms with van der Waals surface area (Å²) in [5.41, 5.74) is 3.47. The maximum atomic E-state index is 12.4. The SMILES string of the molecule is CCNc1ccc(C(=O)Nc2c(Br)cccc2Br)cc1C. The smallest absolute Gasteiger partial charge is 0.255 e. The van der Waals surface area contributed by atoms with Gasteiger partial charge in [-0.2, -0.15) is 0 Å². The maximum Gasteiger partial charge on any atom is 0.255 e. The molecule has 0 heterocycles. The van der Waals surface area contributed by atoms with Crippen molar-refractivity contribution < 1.29 is 4.79 Å². The van der Waals surface area contributed by atoms with Crippen LogP contribution in [0.4, 0.5) is 11.4 Å².